The van der Waals surface area contributed by atoms with Gasteiger partial charge in [0, 0.05) is 18.8 Å². The standard InChI is InChI=1S/C16H26N4.HI/c1-12(2)14-5-4-6-15(9-14)19-16(17)18-10-13-7-8-20(3)11-13;/h4-6,9,12-13H,7-8,10-11H2,1-3H3,(H3,17,18,19);1H. The number of nitrogens with zero attached hydrogens (tertiary/aromatic N) is 2. The van der Waals surface area contributed by atoms with E-state index in [1.54, 1.807) is 0 Å². The van der Waals surface area contributed by atoms with Gasteiger partial charge in [-0.3, -0.25) is 4.99 Å². The lowest BCUT2D eigenvalue weighted by atomic mass is 10.0. The van der Waals surface area contributed by atoms with Crippen LogP contribution in [0.25, 0.3) is 0 Å². The van der Waals surface area contributed by atoms with E-state index >= 15 is 0 Å². The Kier molecular flexibility index (Phi) is 7.45. The number of benzene rings is 1. The van der Waals surface area contributed by atoms with Crippen LogP contribution in [-0.4, -0.2) is 37.5 Å². The fourth-order valence-corrected chi connectivity index (χ4v) is 2.57. The van der Waals surface area contributed by atoms with Crippen LogP contribution in [0.3, 0.4) is 0 Å². The molecule has 0 spiro atoms. The lowest BCUT2D eigenvalue weighted by Crippen LogP contribution is -2.24. The molecular formula is C16H27IN4. The highest BCUT2D eigenvalue weighted by Crippen LogP contribution is 2.18. The van der Waals surface area contributed by atoms with Gasteiger partial charge in [0.15, 0.2) is 5.96 Å². The molecule has 4 nitrogen and oxygen atoms in total. The van der Waals surface area contributed by atoms with E-state index in [-0.39, 0.29) is 24.0 Å². The molecule has 1 heterocycles. The van der Waals surface area contributed by atoms with Crippen LogP contribution in [0.2, 0.25) is 0 Å². The number of hydrogen-bond acceptors (Lipinski definition) is 2. The monoisotopic (exact) mass is 402 g/mol. The number of nitrogens with two attached hydrogens (primary N) is 1. The molecule has 0 aliphatic carbocycles. The molecule has 1 saturated heterocycles. The van der Waals surface area contributed by atoms with E-state index in [0.29, 0.717) is 17.8 Å². The van der Waals surface area contributed by atoms with Crippen molar-refractivity contribution in [2.45, 2.75) is 26.2 Å². The van der Waals surface area contributed by atoms with Crippen LogP contribution in [0.15, 0.2) is 29.3 Å². The summed E-state index contributed by atoms with van der Waals surface area (Å²) in [6, 6.07) is 8.35. The topological polar surface area (TPSA) is 53.6 Å². The second-order valence-corrected chi connectivity index (χ2v) is 6.05. The molecule has 0 bridgehead atoms. The third kappa shape index (κ3) is 5.82. The van der Waals surface area contributed by atoms with E-state index in [1.807, 2.05) is 6.07 Å². The fourth-order valence-electron chi connectivity index (χ4n) is 2.57. The molecule has 118 valence electrons. The van der Waals surface area contributed by atoms with E-state index < -0.39 is 0 Å². The summed E-state index contributed by atoms with van der Waals surface area (Å²) in [5, 5.41) is 3.19. The van der Waals surface area contributed by atoms with E-state index in [9.17, 15) is 0 Å². The third-order valence-corrected chi connectivity index (χ3v) is 3.83. The van der Waals surface area contributed by atoms with Gasteiger partial charge in [0.05, 0.1) is 0 Å². The molecule has 0 amide bonds. The van der Waals surface area contributed by atoms with Crippen LogP contribution >= 0.6 is 24.0 Å². The molecule has 21 heavy (non-hydrogen) atoms. The first-order chi connectivity index (χ1) is 9.54. The Bertz CT molecular complexity index is 473. The van der Waals surface area contributed by atoms with Crippen LogP contribution in [-0.2, 0) is 0 Å². The molecule has 1 atom stereocenters. The van der Waals surface area contributed by atoms with Gasteiger partial charge >= 0.3 is 0 Å². The molecule has 1 fully saturated rings. The van der Waals surface area contributed by atoms with Crippen molar-refractivity contribution in [3.8, 4) is 0 Å². The Morgan fingerprint density at radius 3 is 2.86 bits per heavy atom. The molecule has 1 aromatic carbocycles. The maximum absolute atomic E-state index is 5.97. The normalized spacial score (nSPS) is 19.6. The maximum atomic E-state index is 5.97. The minimum absolute atomic E-state index is 0. The first-order valence-corrected chi connectivity index (χ1v) is 7.40. The molecule has 3 N–H and O–H groups in total. The molecule has 2 rings (SSSR count). The first kappa shape index (κ1) is 18.2. The first-order valence-electron chi connectivity index (χ1n) is 7.40. The molecule has 1 aliphatic heterocycles. The molecule has 0 aromatic heterocycles. The summed E-state index contributed by atoms with van der Waals surface area (Å²) in [4.78, 5) is 6.81. The second-order valence-electron chi connectivity index (χ2n) is 6.05. The Hall–Kier alpha value is -0.820. The summed E-state index contributed by atoms with van der Waals surface area (Å²) in [6.07, 6.45) is 1.22. The van der Waals surface area contributed by atoms with Crippen LogP contribution in [0.1, 0.15) is 31.7 Å². The molecule has 0 saturated carbocycles. The highest BCUT2D eigenvalue weighted by atomic mass is 127. The van der Waals surface area contributed by atoms with Gasteiger partial charge in [0.2, 0.25) is 0 Å². The number of guanidine groups is 1. The zero-order valence-electron chi connectivity index (χ0n) is 13.2. The minimum Gasteiger partial charge on any atom is -0.370 e. The molecule has 1 aromatic rings. The van der Waals surface area contributed by atoms with Gasteiger partial charge < -0.3 is 16.0 Å². The second kappa shape index (κ2) is 8.58. The summed E-state index contributed by atoms with van der Waals surface area (Å²) in [5.74, 6) is 1.67. The van der Waals surface area contributed by atoms with Crippen molar-refractivity contribution in [2.75, 3.05) is 32.0 Å². The lowest BCUT2D eigenvalue weighted by Gasteiger charge is -2.11. The molecule has 1 unspecified atom stereocenters. The summed E-state index contributed by atoms with van der Waals surface area (Å²) in [5.41, 5.74) is 8.29. The zero-order chi connectivity index (χ0) is 14.5. The largest absolute Gasteiger partial charge is 0.370 e. The number of anilines is 1. The Balaban J connectivity index is 0.00000220. The van der Waals surface area contributed by atoms with Gasteiger partial charge in [0.25, 0.3) is 0 Å². The zero-order valence-corrected chi connectivity index (χ0v) is 15.5. The summed E-state index contributed by atoms with van der Waals surface area (Å²) < 4.78 is 0. The predicted octanol–water partition coefficient (Wildman–Crippen LogP) is 3.11. The third-order valence-electron chi connectivity index (χ3n) is 3.83. The smallest absolute Gasteiger partial charge is 0.193 e. The number of rotatable bonds is 4. The van der Waals surface area contributed by atoms with E-state index in [2.05, 4.69) is 54.3 Å². The summed E-state index contributed by atoms with van der Waals surface area (Å²) >= 11 is 0. The predicted molar refractivity (Wildman–Crippen MR) is 102 cm³/mol. The van der Waals surface area contributed by atoms with Gasteiger partial charge in [-0.15, -0.1) is 24.0 Å². The van der Waals surface area contributed by atoms with Crippen molar-refractivity contribution in [1.29, 1.82) is 0 Å². The Morgan fingerprint density at radius 1 is 1.48 bits per heavy atom. The molecule has 0 radical (unpaired) electrons. The van der Waals surface area contributed by atoms with Crippen molar-refractivity contribution >= 4 is 35.6 Å². The number of aliphatic imine (C=N–C) groups is 1. The number of likely N-dealkylation sites (tertiary alicyclic amines) is 1. The summed E-state index contributed by atoms with van der Waals surface area (Å²) in [6.45, 7) is 7.48. The van der Waals surface area contributed by atoms with Crippen LogP contribution < -0.4 is 11.1 Å². The van der Waals surface area contributed by atoms with Crippen molar-refractivity contribution in [1.82, 2.24) is 4.90 Å². The van der Waals surface area contributed by atoms with Crippen LogP contribution in [0, 0.1) is 5.92 Å². The van der Waals surface area contributed by atoms with Crippen LogP contribution in [0.5, 0.6) is 0 Å². The number of nitrogens with one attached hydrogen (secondary N) is 1. The van der Waals surface area contributed by atoms with Crippen molar-refractivity contribution < 1.29 is 0 Å². The average molecular weight is 402 g/mol. The van der Waals surface area contributed by atoms with Gasteiger partial charge in [-0.05, 0) is 49.5 Å². The van der Waals surface area contributed by atoms with Crippen molar-refractivity contribution in [2.24, 2.45) is 16.6 Å². The SMILES string of the molecule is CC(C)c1cccc(NC(N)=NCC2CCN(C)C2)c1.I. The molecule has 1 aliphatic rings. The fraction of sp³-hybridized carbons (Fsp3) is 0.562. The van der Waals surface area contributed by atoms with E-state index in [1.165, 1.54) is 18.5 Å². The van der Waals surface area contributed by atoms with Gasteiger partial charge in [0.1, 0.15) is 0 Å². The van der Waals surface area contributed by atoms with Gasteiger partial charge in [-0.25, -0.2) is 0 Å². The molecular weight excluding hydrogens is 375 g/mol. The highest BCUT2D eigenvalue weighted by Gasteiger charge is 2.18. The minimum atomic E-state index is 0. The quantitative estimate of drug-likeness (QED) is 0.462. The van der Waals surface area contributed by atoms with Crippen molar-refractivity contribution in [3.05, 3.63) is 29.8 Å². The number of hydrogen-bond donors (Lipinski definition) is 2. The van der Waals surface area contributed by atoms with E-state index in [4.69, 9.17) is 5.73 Å². The maximum Gasteiger partial charge on any atom is 0.193 e. The number of halogens is 1. The van der Waals surface area contributed by atoms with Crippen LogP contribution in [0.4, 0.5) is 5.69 Å². The average Bonchev–Trinajstić information content (AvgIpc) is 2.82. The lowest BCUT2D eigenvalue weighted by molar-refractivity contribution is 0.397. The summed E-state index contributed by atoms with van der Waals surface area (Å²) in [7, 11) is 2.16. The van der Waals surface area contributed by atoms with Crippen molar-refractivity contribution in [3.63, 3.8) is 0 Å². The van der Waals surface area contributed by atoms with E-state index in [0.717, 1.165) is 18.8 Å². The molecule has 5 heteroatoms. The Morgan fingerprint density at radius 2 is 2.24 bits per heavy atom. The Labute approximate surface area is 145 Å². The van der Waals surface area contributed by atoms with Gasteiger partial charge in [-0.1, -0.05) is 26.0 Å². The highest BCUT2D eigenvalue weighted by molar-refractivity contribution is 14.0. The van der Waals surface area contributed by atoms with Gasteiger partial charge in [-0.2, -0.15) is 0 Å².